The summed E-state index contributed by atoms with van der Waals surface area (Å²) in [6.07, 6.45) is 1.95. The van der Waals surface area contributed by atoms with E-state index < -0.39 is 0 Å². The molecule has 1 aliphatic heterocycles. The summed E-state index contributed by atoms with van der Waals surface area (Å²) in [4.78, 5) is 27.4. The fourth-order valence-electron chi connectivity index (χ4n) is 2.79. The molecule has 0 radical (unpaired) electrons. The van der Waals surface area contributed by atoms with E-state index in [4.69, 9.17) is 5.73 Å². The van der Waals surface area contributed by atoms with Gasteiger partial charge in [0.1, 0.15) is 0 Å². The molecule has 0 saturated carbocycles. The van der Waals surface area contributed by atoms with Crippen molar-refractivity contribution in [3.05, 3.63) is 35.9 Å². The van der Waals surface area contributed by atoms with Gasteiger partial charge in [-0.2, -0.15) is 0 Å². The maximum atomic E-state index is 12.3. The summed E-state index contributed by atoms with van der Waals surface area (Å²) in [5.41, 5.74) is 7.21. The van der Waals surface area contributed by atoms with Crippen LogP contribution in [-0.2, 0) is 9.59 Å². The molecule has 1 aliphatic rings. The smallest absolute Gasteiger partial charge is 0.222 e. The molecule has 1 aromatic rings. The molecular weight excluding hydrogens is 314 g/mol. The van der Waals surface area contributed by atoms with Crippen molar-refractivity contribution in [3.63, 3.8) is 0 Å². The molecule has 2 rings (SSSR count). The molecule has 0 bridgehead atoms. The first-order valence-corrected chi connectivity index (χ1v) is 7.91. The topological polar surface area (TPSA) is 66.6 Å². The van der Waals surface area contributed by atoms with E-state index in [1.54, 1.807) is 6.92 Å². The van der Waals surface area contributed by atoms with Gasteiger partial charge < -0.3 is 15.5 Å². The van der Waals surface area contributed by atoms with Crippen molar-refractivity contribution in [2.45, 2.75) is 32.2 Å². The number of carbonyl (C=O) groups excluding carboxylic acids is 2. The summed E-state index contributed by atoms with van der Waals surface area (Å²) in [6, 6.07) is 9.76. The van der Waals surface area contributed by atoms with Crippen LogP contribution in [-0.4, -0.2) is 47.8 Å². The minimum Gasteiger partial charge on any atom is -0.341 e. The second-order valence-corrected chi connectivity index (χ2v) is 5.80. The zero-order valence-electron chi connectivity index (χ0n) is 13.6. The Bertz CT molecular complexity index is 510. The third kappa shape index (κ3) is 5.84. The van der Waals surface area contributed by atoms with Gasteiger partial charge in [-0.25, -0.2) is 0 Å². The van der Waals surface area contributed by atoms with Gasteiger partial charge in [-0.05, 0) is 18.4 Å². The van der Waals surface area contributed by atoms with Crippen molar-refractivity contribution < 1.29 is 9.59 Å². The van der Waals surface area contributed by atoms with Crippen LogP contribution in [0.4, 0.5) is 0 Å². The van der Waals surface area contributed by atoms with Gasteiger partial charge in [0.25, 0.3) is 0 Å². The summed E-state index contributed by atoms with van der Waals surface area (Å²) in [7, 11) is 0. The number of benzene rings is 1. The maximum Gasteiger partial charge on any atom is 0.222 e. The van der Waals surface area contributed by atoms with Gasteiger partial charge in [0, 0.05) is 45.6 Å². The standard InChI is InChI=1S/C17H25N3O2.ClH/c1-14(21)19-10-5-11-20(13-12-19)17(22)9-8-16(18)15-6-3-2-4-7-15;/h2-4,6-7,16H,5,8-13,18H2,1H3;1H. The van der Waals surface area contributed by atoms with E-state index in [1.165, 1.54) is 0 Å². The fraction of sp³-hybridized carbons (Fsp3) is 0.529. The fourth-order valence-corrected chi connectivity index (χ4v) is 2.79. The Morgan fingerprint density at radius 2 is 1.70 bits per heavy atom. The van der Waals surface area contributed by atoms with Crippen LogP contribution >= 0.6 is 12.4 Å². The minimum atomic E-state index is -0.106. The lowest BCUT2D eigenvalue weighted by atomic mass is 10.0. The highest BCUT2D eigenvalue weighted by Crippen LogP contribution is 2.16. The van der Waals surface area contributed by atoms with Crippen LogP contribution in [0.25, 0.3) is 0 Å². The molecule has 2 amide bonds. The highest BCUT2D eigenvalue weighted by Gasteiger charge is 2.20. The zero-order valence-corrected chi connectivity index (χ0v) is 14.4. The molecule has 1 fully saturated rings. The van der Waals surface area contributed by atoms with E-state index in [0.717, 1.165) is 25.1 Å². The normalized spacial score (nSPS) is 16.3. The lowest BCUT2D eigenvalue weighted by Gasteiger charge is -2.22. The van der Waals surface area contributed by atoms with E-state index in [0.29, 0.717) is 25.9 Å². The monoisotopic (exact) mass is 339 g/mol. The molecule has 1 aromatic carbocycles. The lowest BCUT2D eigenvalue weighted by Crippen LogP contribution is -2.36. The molecular formula is C17H26ClN3O2. The van der Waals surface area contributed by atoms with Gasteiger partial charge in [0.05, 0.1) is 0 Å². The number of hydrogen-bond acceptors (Lipinski definition) is 3. The van der Waals surface area contributed by atoms with Gasteiger partial charge >= 0.3 is 0 Å². The number of hydrogen-bond donors (Lipinski definition) is 1. The average molecular weight is 340 g/mol. The second kappa shape index (κ2) is 9.53. The van der Waals surface area contributed by atoms with Crippen LogP contribution in [0.1, 0.15) is 37.8 Å². The first-order valence-electron chi connectivity index (χ1n) is 7.91. The van der Waals surface area contributed by atoms with Crippen LogP contribution in [0.15, 0.2) is 30.3 Å². The summed E-state index contributed by atoms with van der Waals surface area (Å²) in [5.74, 6) is 0.220. The van der Waals surface area contributed by atoms with Crippen molar-refractivity contribution in [1.82, 2.24) is 9.80 Å². The van der Waals surface area contributed by atoms with Crippen molar-refractivity contribution in [1.29, 1.82) is 0 Å². The Kier molecular flexibility index (Phi) is 8.06. The number of carbonyl (C=O) groups is 2. The Hall–Kier alpha value is -1.59. The predicted octanol–water partition coefficient (Wildman–Crippen LogP) is 1.97. The molecule has 1 unspecified atom stereocenters. The molecule has 0 aromatic heterocycles. The molecule has 1 saturated heterocycles. The first kappa shape index (κ1) is 19.5. The Labute approximate surface area is 144 Å². The number of halogens is 1. The van der Waals surface area contributed by atoms with Crippen LogP contribution in [0.5, 0.6) is 0 Å². The van der Waals surface area contributed by atoms with E-state index in [-0.39, 0.29) is 30.3 Å². The Morgan fingerprint density at radius 1 is 1.09 bits per heavy atom. The van der Waals surface area contributed by atoms with Crippen LogP contribution in [0, 0.1) is 0 Å². The van der Waals surface area contributed by atoms with Crippen LogP contribution < -0.4 is 5.73 Å². The zero-order chi connectivity index (χ0) is 15.9. The molecule has 5 nitrogen and oxygen atoms in total. The largest absolute Gasteiger partial charge is 0.341 e. The van der Waals surface area contributed by atoms with Crippen molar-refractivity contribution in [3.8, 4) is 0 Å². The molecule has 128 valence electrons. The molecule has 0 spiro atoms. The number of rotatable bonds is 4. The highest BCUT2D eigenvalue weighted by atomic mass is 35.5. The SMILES string of the molecule is CC(=O)N1CCCN(C(=O)CCC(N)c2ccccc2)CC1.Cl. The van der Waals surface area contributed by atoms with Gasteiger partial charge in [-0.1, -0.05) is 30.3 Å². The molecule has 2 N–H and O–H groups in total. The average Bonchev–Trinajstić information content (AvgIpc) is 2.79. The van der Waals surface area contributed by atoms with Crippen molar-refractivity contribution >= 4 is 24.2 Å². The quantitative estimate of drug-likeness (QED) is 0.912. The summed E-state index contributed by atoms with van der Waals surface area (Å²) < 4.78 is 0. The van der Waals surface area contributed by atoms with E-state index >= 15 is 0 Å². The third-order valence-corrected chi connectivity index (χ3v) is 4.19. The van der Waals surface area contributed by atoms with Gasteiger partial charge in [0.15, 0.2) is 0 Å². The number of amides is 2. The van der Waals surface area contributed by atoms with Gasteiger partial charge in [-0.15, -0.1) is 12.4 Å². The predicted molar refractivity (Wildman–Crippen MR) is 93.3 cm³/mol. The summed E-state index contributed by atoms with van der Waals surface area (Å²) >= 11 is 0. The maximum absolute atomic E-state index is 12.3. The molecule has 0 aliphatic carbocycles. The molecule has 1 atom stereocenters. The van der Waals surface area contributed by atoms with Crippen molar-refractivity contribution in [2.75, 3.05) is 26.2 Å². The number of nitrogens with zero attached hydrogens (tertiary/aromatic N) is 2. The van der Waals surface area contributed by atoms with E-state index in [9.17, 15) is 9.59 Å². The Balaban J connectivity index is 0.00000264. The Morgan fingerprint density at radius 3 is 2.35 bits per heavy atom. The van der Waals surface area contributed by atoms with Gasteiger partial charge in [-0.3, -0.25) is 9.59 Å². The summed E-state index contributed by atoms with van der Waals surface area (Å²) in [5, 5.41) is 0. The molecule has 1 heterocycles. The third-order valence-electron chi connectivity index (χ3n) is 4.19. The minimum absolute atomic E-state index is 0. The first-order chi connectivity index (χ1) is 10.6. The van der Waals surface area contributed by atoms with Crippen molar-refractivity contribution in [2.24, 2.45) is 5.73 Å². The van der Waals surface area contributed by atoms with Gasteiger partial charge in [0.2, 0.25) is 11.8 Å². The van der Waals surface area contributed by atoms with E-state index in [2.05, 4.69) is 0 Å². The molecule has 23 heavy (non-hydrogen) atoms. The second-order valence-electron chi connectivity index (χ2n) is 5.80. The highest BCUT2D eigenvalue weighted by molar-refractivity contribution is 5.85. The summed E-state index contributed by atoms with van der Waals surface area (Å²) in [6.45, 7) is 4.30. The number of nitrogens with two attached hydrogens (primary N) is 1. The lowest BCUT2D eigenvalue weighted by molar-refractivity contribution is -0.132. The van der Waals surface area contributed by atoms with Crippen LogP contribution in [0.2, 0.25) is 0 Å². The van der Waals surface area contributed by atoms with E-state index in [1.807, 2.05) is 40.1 Å². The van der Waals surface area contributed by atoms with Crippen LogP contribution in [0.3, 0.4) is 0 Å². The molecule has 6 heteroatoms.